The molecular formula is C10H19NO2S. The quantitative estimate of drug-likeness (QED) is 0.669. The normalized spacial score (nSPS) is 26.6. The maximum Gasteiger partial charge on any atom is 0.321 e. The summed E-state index contributed by atoms with van der Waals surface area (Å²) in [5.41, 5.74) is 0. The molecule has 0 aromatic rings. The molecule has 1 fully saturated rings. The van der Waals surface area contributed by atoms with Crippen LogP contribution in [0.1, 0.15) is 39.0 Å². The van der Waals surface area contributed by atoms with Crippen LogP contribution < -0.4 is 5.32 Å². The van der Waals surface area contributed by atoms with Crippen LogP contribution in [0.4, 0.5) is 0 Å². The Morgan fingerprint density at radius 3 is 2.86 bits per heavy atom. The van der Waals surface area contributed by atoms with Gasteiger partial charge in [-0.05, 0) is 6.42 Å². The molecule has 4 heteroatoms. The van der Waals surface area contributed by atoms with Gasteiger partial charge in [-0.25, -0.2) is 0 Å². The van der Waals surface area contributed by atoms with Crippen LogP contribution in [-0.4, -0.2) is 28.2 Å². The Morgan fingerprint density at radius 2 is 2.29 bits per heavy atom. The highest BCUT2D eigenvalue weighted by atomic mass is 32.2. The van der Waals surface area contributed by atoms with Gasteiger partial charge < -0.3 is 5.11 Å². The molecule has 2 N–H and O–H groups in total. The minimum absolute atomic E-state index is 0.323. The summed E-state index contributed by atoms with van der Waals surface area (Å²) >= 11 is 1.74. The Balaban J connectivity index is 2.07. The van der Waals surface area contributed by atoms with Crippen LogP contribution in [0.3, 0.4) is 0 Å². The van der Waals surface area contributed by atoms with E-state index in [0.29, 0.717) is 11.1 Å². The van der Waals surface area contributed by atoms with Crippen molar-refractivity contribution in [2.45, 2.75) is 50.4 Å². The van der Waals surface area contributed by atoms with E-state index in [2.05, 4.69) is 12.2 Å². The van der Waals surface area contributed by atoms with Crippen molar-refractivity contribution < 1.29 is 9.90 Å². The number of unbranched alkanes of at least 4 members (excludes halogenated alkanes) is 3. The Kier molecular flexibility index (Phi) is 5.33. The van der Waals surface area contributed by atoms with Gasteiger partial charge in [0.05, 0.1) is 5.37 Å². The fraction of sp³-hybridized carbons (Fsp3) is 0.900. The van der Waals surface area contributed by atoms with Gasteiger partial charge >= 0.3 is 5.97 Å². The highest BCUT2D eigenvalue weighted by molar-refractivity contribution is 8.00. The van der Waals surface area contributed by atoms with Gasteiger partial charge in [-0.3, -0.25) is 10.1 Å². The van der Waals surface area contributed by atoms with Crippen molar-refractivity contribution in [1.82, 2.24) is 5.32 Å². The summed E-state index contributed by atoms with van der Waals surface area (Å²) < 4.78 is 0. The maximum absolute atomic E-state index is 10.6. The Labute approximate surface area is 89.6 Å². The third-order valence-corrected chi connectivity index (χ3v) is 3.77. The Hall–Kier alpha value is -0.220. The zero-order valence-corrected chi connectivity index (χ0v) is 9.48. The summed E-state index contributed by atoms with van der Waals surface area (Å²) in [6, 6.07) is -0.323. The van der Waals surface area contributed by atoms with Crippen LogP contribution in [0.5, 0.6) is 0 Å². The van der Waals surface area contributed by atoms with E-state index in [0.717, 1.165) is 6.42 Å². The van der Waals surface area contributed by atoms with Gasteiger partial charge in [0.25, 0.3) is 0 Å². The smallest absolute Gasteiger partial charge is 0.321 e. The average molecular weight is 217 g/mol. The first-order chi connectivity index (χ1) is 6.74. The Bertz CT molecular complexity index is 187. The number of hydrogen-bond acceptors (Lipinski definition) is 3. The second-order valence-electron chi connectivity index (χ2n) is 3.73. The molecule has 0 unspecified atom stereocenters. The maximum atomic E-state index is 10.6. The molecule has 1 rings (SSSR count). The van der Waals surface area contributed by atoms with Gasteiger partial charge in [0, 0.05) is 5.75 Å². The van der Waals surface area contributed by atoms with E-state index in [-0.39, 0.29) is 6.04 Å². The van der Waals surface area contributed by atoms with Crippen molar-refractivity contribution in [3.05, 3.63) is 0 Å². The number of aliphatic carboxylic acids is 1. The van der Waals surface area contributed by atoms with E-state index in [1.165, 1.54) is 25.7 Å². The van der Waals surface area contributed by atoms with Crippen molar-refractivity contribution in [3.8, 4) is 0 Å². The molecule has 0 spiro atoms. The number of carboxylic acid groups (broad SMARTS) is 1. The van der Waals surface area contributed by atoms with E-state index in [1.54, 1.807) is 11.8 Å². The standard InChI is InChI=1S/C10H19NO2S/c1-2-3-4-5-6-9-11-8(7-14-9)10(12)13/h8-9,11H,2-7H2,1H3,(H,12,13)/t8-,9+/m1/s1. The lowest BCUT2D eigenvalue weighted by atomic mass is 10.1. The average Bonchev–Trinajstić information content (AvgIpc) is 2.61. The van der Waals surface area contributed by atoms with Gasteiger partial charge in [-0.1, -0.05) is 32.6 Å². The fourth-order valence-electron chi connectivity index (χ4n) is 1.60. The molecule has 3 nitrogen and oxygen atoms in total. The molecular weight excluding hydrogens is 198 g/mol. The lowest BCUT2D eigenvalue weighted by molar-refractivity contribution is -0.138. The second kappa shape index (κ2) is 6.30. The first-order valence-electron chi connectivity index (χ1n) is 5.34. The molecule has 0 aromatic carbocycles. The van der Waals surface area contributed by atoms with Gasteiger partial charge in [0.2, 0.25) is 0 Å². The van der Waals surface area contributed by atoms with Crippen LogP contribution in [0, 0.1) is 0 Å². The molecule has 2 atom stereocenters. The third kappa shape index (κ3) is 3.88. The van der Waals surface area contributed by atoms with Crippen molar-refractivity contribution in [2.24, 2.45) is 0 Å². The van der Waals surface area contributed by atoms with E-state index in [1.807, 2.05) is 0 Å². The van der Waals surface area contributed by atoms with Crippen molar-refractivity contribution >= 4 is 17.7 Å². The van der Waals surface area contributed by atoms with E-state index >= 15 is 0 Å². The molecule has 82 valence electrons. The van der Waals surface area contributed by atoms with Crippen molar-refractivity contribution in [1.29, 1.82) is 0 Å². The molecule has 0 bridgehead atoms. The summed E-state index contributed by atoms with van der Waals surface area (Å²) in [6.45, 7) is 2.20. The number of rotatable bonds is 6. The topological polar surface area (TPSA) is 49.3 Å². The van der Waals surface area contributed by atoms with Gasteiger partial charge in [-0.2, -0.15) is 0 Å². The number of carboxylic acids is 1. The van der Waals surface area contributed by atoms with E-state index < -0.39 is 5.97 Å². The molecule has 1 aliphatic heterocycles. The largest absolute Gasteiger partial charge is 0.480 e. The molecule has 0 radical (unpaired) electrons. The fourth-order valence-corrected chi connectivity index (χ4v) is 2.86. The lowest BCUT2D eigenvalue weighted by Crippen LogP contribution is -2.36. The molecule has 14 heavy (non-hydrogen) atoms. The molecule has 1 heterocycles. The summed E-state index contributed by atoms with van der Waals surface area (Å²) in [5.74, 6) is 0.00175. The van der Waals surface area contributed by atoms with Gasteiger partial charge in [0.1, 0.15) is 6.04 Å². The highest BCUT2D eigenvalue weighted by Crippen LogP contribution is 2.23. The molecule has 1 aliphatic rings. The Morgan fingerprint density at radius 1 is 1.50 bits per heavy atom. The summed E-state index contributed by atoms with van der Waals surface area (Å²) in [6.07, 6.45) is 6.13. The predicted molar refractivity (Wildman–Crippen MR) is 59.6 cm³/mol. The minimum Gasteiger partial charge on any atom is -0.480 e. The number of nitrogens with one attached hydrogen (secondary N) is 1. The van der Waals surface area contributed by atoms with E-state index in [4.69, 9.17) is 5.11 Å². The lowest BCUT2D eigenvalue weighted by Gasteiger charge is -2.09. The molecule has 0 aliphatic carbocycles. The van der Waals surface area contributed by atoms with Crippen molar-refractivity contribution in [3.63, 3.8) is 0 Å². The summed E-state index contributed by atoms with van der Waals surface area (Å²) in [4.78, 5) is 10.6. The third-order valence-electron chi connectivity index (χ3n) is 2.47. The number of thioether (sulfide) groups is 1. The van der Waals surface area contributed by atoms with Crippen LogP contribution in [0.15, 0.2) is 0 Å². The minimum atomic E-state index is -0.714. The molecule has 1 saturated heterocycles. The predicted octanol–water partition coefficient (Wildman–Crippen LogP) is 2.07. The second-order valence-corrected chi connectivity index (χ2v) is 4.96. The zero-order valence-electron chi connectivity index (χ0n) is 8.66. The number of hydrogen-bond donors (Lipinski definition) is 2. The SMILES string of the molecule is CCCCCC[C@H]1N[C@@H](C(=O)O)CS1. The molecule has 0 amide bonds. The molecule has 0 aromatic heterocycles. The summed E-state index contributed by atoms with van der Waals surface area (Å²) in [5, 5.41) is 12.3. The molecule has 0 saturated carbocycles. The van der Waals surface area contributed by atoms with Crippen molar-refractivity contribution in [2.75, 3.05) is 5.75 Å². The first kappa shape index (κ1) is 11.9. The van der Waals surface area contributed by atoms with Gasteiger partial charge in [0.15, 0.2) is 0 Å². The van der Waals surface area contributed by atoms with Gasteiger partial charge in [-0.15, -0.1) is 11.8 Å². The van der Waals surface area contributed by atoms with Crippen LogP contribution in [0.25, 0.3) is 0 Å². The highest BCUT2D eigenvalue weighted by Gasteiger charge is 2.28. The zero-order chi connectivity index (χ0) is 10.4. The monoisotopic (exact) mass is 217 g/mol. The van der Waals surface area contributed by atoms with Crippen LogP contribution >= 0.6 is 11.8 Å². The number of carbonyl (C=O) groups is 1. The van der Waals surface area contributed by atoms with Crippen LogP contribution in [-0.2, 0) is 4.79 Å². The first-order valence-corrected chi connectivity index (χ1v) is 6.39. The summed E-state index contributed by atoms with van der Waals surface area (Å²) in [7, 11) is 0. The van der Waals surface area contributed by atoms with Crippen LogP contribution in [0.2, 0.25) is 0 Å². The van der Waals surface area contributed by atoms with E-state index in [9.17, 15) is 4.79 Å².